The van der Waals surface area contributed by atoms with Gasteiger partial charge in [-0.05, 0) is 50.3 Å². The smallest absolute Gasteiger partial charge is 0.260 e. The van der Waals surface area contributed by atoms with Crippen LogP contribution in [0.5, 0.6) is 5.75 Å². The Balaban J connectivity index is 1.35. The molecule has 2 N–H and O–H groups in total. The summed E-state index contributed by atoms with van der Waals surface area (Å²) in [6, 6.07) is 7.11. The number of aromatic nitrogens is 4. The molecule has 1 aromatic carbocycles. The van der Waals surface area contributed by atoms with Gasteiger partial charge in [0.05, 0.1) is 29.0 Å². The van der Waals surface area contributed by atoms with Crippen LogP contribution in [0.25, 0.3) is 22.2 Å². The van der Waals surface area contributed by atoms with E-state index < -0.39 is 6.17 Å². The highest BCUT2D eigenvalue weighted by atomic mass is 19.1. The van der Waals surface area contributed by atoms with Gasteiger partial charge >= 0.3 is 0 Å². The van der Waals surface area contributed by atoms with Crippen molar-refractivity contribution in [3.05, 3.63) is 40.9 Å². The van der Waals surface area contributed by atoms with Crippen LogP contribution in [0.1, 0.15) is 32.1 Å². The largest absolute Gasteiger partial charge is 0.507 e. The molecule has 2 unspecified atom stereocenters. The molecule has 4 atom stereocenters. The molecule has 8 nitrogen and oxygen atoms in total. The predicted octanol–water partition coefficient (Wildman–Crippen LogP) is 2.30. The Hall–Kier alpha value is -3.07. The molecule has 2 saturated heterocycles. The van der Waals surface area contributed by atoms with Crippen molar-refractivity contribution in [3.8, 4) is 17.0 Å². The Kier molecular flexibility index (Phi) is 4.43. The van der Waals surface area contributed by atoms with Crippen LogP contribution in [0, 0.1) is 0 Å². The average molecular weight is 436 g/mol. The van der Waals surface area contributed by atoms with Crippen molar-refractivity contribution < 1.29 is 9.50 Å². The minimum absolute atomic E-state index is 0.0156. The van der Waals surface area contributed by atoms with Gasteiger partial charge < -0.3 is 19.9 Å². The fourth-order valence-electron chi connectivity index (χ4n) is 5.28. The van der Waals surface area contributed by atoms with Gasteiger partial charge in [-0.1, -0.05) is 0 Å². The number of phenolic OH excluding ortho intramolecular Hbond substituents is 1. The van der Waals surface area contributed by atoms with Gasteiger partial charge in [0.1, 0.15) is 11.9 Å². The Labute approximate surface area is 184 Å². The molecule has 32 heavy (non-hydrogen) atoms. The Bertz CT molecular complexity index is 1240. The molecule has 4 heterocycles. The van der Waals surface area contributed by atoms with Crippen LogP contribution in [0.3, 0.4) is 0 Å². The number of aryl methyl sites for hydroxylation is 1. The van der Waals surface area contributed by atoms with E-state index in [0.29, 0.717) is 40.1 Å². The van der Waals surface area contributed by atoms with E-state index in [2.05, 4.69) is 25.4 Å². The summed E-state index contributed by atoms with van der Waals surface area (Å²) < 4.78 is 16.7. The minimum Gasteiger partial charge on any atom is -0.507 e. The van der Waals surface area contributed by atoms with Gasteiger partial charge in [-0.2, -0.15) is 0 Å². The highest BCUT2D eigenvalue weighted by molar-refractivity contribution is 5.86. The van der Waals surface area contributed by atoms with Crippen LogP contribution in [0.2, 0.25) is 0 Å². The van der Waals surface area contributed by atoms with Crippen LogP contribution >= 0.6 is 0 Å². The zero-order valence-electron chi connectivity index (χ0n) is 17.8. The number of halogens is 1. The normalized spacial score (nSPS) is 27.1. The van der Waals surface area contributed by atoms with Gasteiger partial charge in [0.2, 0.25) is 0 Å². The predicted molar refractivity (Wildman–Crippen MR) is 118 cm³/mol. The van der Waals surface area contributed by atoms with Crippen molar-refractivity contribution in [2.45, 2.75) is 62.4 Å². The molecular weight excluding hydrogens is 411 g/mol. The highest BCUT2D eigenvalue weighted by Gasteiger charge is 2.48. The number of phenols is 1. The number of benzene rings is 1. The molecule has 0 amide bonds. The van der Waals surface area contributed by atoms with Crippen LogP contribution in [0.15, 0.2) is 35.4 Å². The minimum atomic E-state index is -0.927. The maximum absolute atomic E-state index is 15.3. The number of piperidine rings is 1. The summed E-state index contributed by atoms with van der Waals surface area (Å²) in [6.45, 7) is 0. The van der Waals surface area contributed by atoms with E-state index >= 15 is 4.39 Å². The van der Waals surface area contributed by atoms with Crippen molar-refractivity contribution in [3.63, 3.8) is 0 Å². The maximum atomic E-state index is 15.3. The van der Waals surface area contributed by atoms with Crippen LogP contribution in [-0.2, 0) is 7.05 Å². The summed E-state index contributed by atoms with van der Waals surface area (Å²) in [7, 11) is 1.63. The number of rotatable bonds is 4. The fourth-order valence-corrected chi connectivity index (χ4v) is 5.28. The molecule has 0 radical (unpaired) electrons. The number of nitrogens with one attached hydrogen (secondary N) is 1. The molecule has 3 aromatic rings. The maximum Gasteiger partial charge on any atom is 0.260 e. The summed E-state index contributed by atoms with van der Waals surface area (Å²) in [4.78, 5) is 18.8. The van der Waals surface area contributed by atoms with E-state index in [1.807, 2.05) is 6.07 Å². The highest BCUT2D eigenvalue weighted by Crippen LogP contribution is 2.40. The number of alkyl halides is 1. The van der Waals surface area contributed by atoms with Crippen molar-refractivity contribution in [1.82, 2.24) is 25.1 Å². The Morgan fingerprint density at radius 1 is 1.19 bits per heavy atom. The standard InChI is InChI=1S/C23H25FN6O2/c1-29-11-25-18-10-20(31)14(9-15(18)23(29)32)16-6-7-21(28-27-16)30(13-3-4-13)19-8-12-2-5-17(26-12)22(19)24/h6-7,9-13,17,19,22,26,31H,2-5,8H2,1H3/t12-,17+,19?,22?/m1/s1. The third kappa shape index (κ3) is 3.14. The lowest BCUT2D eigenvalue weighted by Crippen LogP contribution is -2.57. The molecule has 2 aliphatic heterocycles. The van der Waals surface area contributed by atoms with E-state index in [9.17, 15) is 9.90 Å². The summed E-state index contributed by atoms with van der Waals surface area (Å²) in [5.41, 5.74) is 1.10. The zero-order valence-corrected chi connectivity index (χ0v) is 17.8. The lowest BCUT2D eigenvalue weighted by Gasteiger charge is -2.41. The molecule has 9 heteroatoms. The molecule has 3 aliphatic rings. The molecule has 2 aromatic heterocycles. The van der Waals surface area contributed by atoms with Gasteiger partial charge in [0.25, 0.3) is 5.56 Å². The molecule has 0 spiro atoms. The Morgan fingerprint density at radius 3 is 2.78 bits per heavy atom. The summed E-state index contributed by atoms with van der Waals surface area (Å²) in [6.07, 6.45) is 5.27. The third-order valence-electron chi connectivity index (χ3n) is 7.08. The van der Waals surface area contributed by atoms with Crippen LogP contribution in [0.4, 0.5) is 10.2 Å². The lowest BCUT2D eigenvalue weighted by atomic mass is 9.95. The van der Waals surface area contributed by atoms with Crippen molar-refractivity contribution >= 4 is 16.7 Å². The first-order chi connectivity index (χ1) is 15.5. The molecular formula is C23H25FN6O2. The second-order valence-corrected chi connectivity index (χ2v) is 9.26. The number of anilines is 1. The SMILES string of the molecule is Cn1cnc2cc(O)c(-c3ccc(N(C4CC4)C4C[C@H]5CC[C@H](N5)C4F)nn3)cc2c1=O. The van der Waals surface area contributed by atoms with Crippen molar-refractivity contribution in [1.29, 1.82) is 0 Å². The van der Waals surface area contributed by atoms with E-state index in [0.717, 1.165) is 32.1 Å². The molecule has 1 saturated carbocycles. The number of hydrogen-bond acceptors (Lipinski definition) is 7. The lowest BCUT2D eigenvalue weighted by molar-refractivity contribution is 0.171. The molecule has 2 bridgehead atoms. The molecule has 166 valence electrons. The van der Waals surface area contributed by atoms with Gasteiger partial charge in [0, 0.05) is 36.8 Å². The van der Waals surface area contributed by atoms with E-state index in [1.165, 1.54) is 17.0 Å². The molecule has 6 rings (SSSR count). The molecule has 1 aliphatic carbocycles. The number of nitrogens with zero attached hydrogens (tertiary/aromatic N) is 5. The van der Waals surface area contributed by atoms with E-state index in [-0.39, 0.29) is 23.4 Å². The van der Waals surface area contributed by atoms with Gasteiger partial charge in [-0.25, -0.2) is 9.37 Å². The average Bonchev–Trinajstić information content (AvgIpc) is 3.54. The van der Waals surface area contributed by atoms with Crippen molar-refractivity contribution in [2.24, 2.45) is 7.05 Å². The number of aromatic hydroxyl groups is 1. The first-order valence-electron chi connectivity index (χ1n) is 11.2. The quantitative estimate of drug-likeness (QED) is 0.648. The van der Waals surface area contributed by atoms with Gasteiger partial charge in [-0.15, -0.1) is 10.2 Å². The second-order valence-electron chi connectivity index (χ2n) is 9.26. The molecule has 3 fully saturated rings. The van der Waals surface area contributed by atoms with Gasteiger partial charge in [-0.3, -0.25) is 4.79 Å². The van der Waals surface area contributed by atoms with Crippen molar-refractivity contribution in [2.75, 3.05) is 4.90 Å². The second kappa shape index (κ2) is 7.23. The van der Waals surface area contributed by atoms with E-state index in [1.54, 1.807) is 19.2 Å². The van der Waals surface area contributed by atoms with Gasteiger partial charge in [0.15, 0.2) is 5.82 Å². The number of hydrogen-bond donors (Lipinski definition) is 2. The third-order valence-corrected chi connectivity index (χ3v) is 7.08. The van der Waals surface area contributed by atoms with Crippen LogP contribution < -0.4 is 15.8 Å². The first-order valence-corrected chi connectivity index (χ1v) is 11.2. The summed E-state index contributed by atoms with van der Waals surface area (Å²) >= 11 is 0. The van der Waals surface area contributed by atoms with E-state index in [4.69, 9.17) is 0 Å². The summed E-state index contributed by atoms with van der Waals surface area (Å²) in [5, 5.41) is 23.1. The van der Waals surface area contributed by atoms with Crippen LogP contribution in [-0.4, -0.2) is 55.2 Å². The summed E-state index contributed by atoms with van der Waals surface area (Å²) in [5.74, 6) is 0.654. The topological polar surface area (TPSA) is 96.2 Å². The fraction of sp³-hybridized carbons (Fsp3) is 0.478. The Morgan fingerprint density at radius 2 is 2.03 bits per heavy atom. The first kappa shape index (κ1) is 19.6. The monoisotopic (exact) mass is 436 g/mol. The zero-order chi connectivity index (χ0) is 22.0. The number of fused-ring (bicyclic) bond motifs is 3.